The van der Waals surface area contributed by atoms with E-state index in [1.54, 1.807) is 35.2 Å². The van der Waals surface area contributed by atoms with Crippen molar-refractivity contribution in [1.82, 2.24) is 15.5 Å². The van der Waals surface area contributed by atoms with Crippen molar-refractivity contribution < 1.29 is 14.0 Å². The number of carbonyl (C=O) groups excluding carboxylic acids is 2. The Hall–Kier alpha value is -1.77. The Morgan fingerprint density at radius 3 is 2.73 bits per heavy atom. The highest BCUT2D eigenvalue weighted by Gasteiger charge is 2.28. The third-order valence-corrected chi connectivity index (χ3v) is 7.20. The number of hydrogen-bond acceptors (Lipinski definition) is 6. The first-order chi connectivity index (χ1) is 14.6. The molecule has 30 heavy (non-hydrogen) atoms. The molecule has 2 amide bonds. The molecule has 2 aromatic heterocycles. The molecule has 0 aromatic carbocycles. The summed E-state index contributed by atoms with van der Waals surface area (Å²) in [6.07, 6.45) is 6.39. The van der Waals surface area contributed by atoms with Crippen LogP contribution in [0.3, 0.4) is 0 Å². The average Bonchev–Trinajstić information content (AvgIpc) is 3.46. The maximum Gasteiger partial charge on any atom is 0.287 e. The zero-order chi connectivity index (χ0) is 21.3. The number of thioether (sulfide) groups is 1. The fourth-order valence-electron chi connectivity index (χ4n) is 3.69. The molecule has 0 radical (unpaired) electrons. The van der Waals surface area contributed by atoms with Crippen molar-refractivity contribution >= 4 is 34.9 Å². The van der Waals surface area contributed by atoms with Crippen molar-refractivity contribution in [2.45, 2.75) is 38.3 Å². The summed E-state index contributed by atoms with van der Waals surface area (Å²) in [7, 11) is 0. The third kappa shape index (κ3) is 6.36. The second-order valence-corrected chi connectivity index (χ2v) is 9.74. The van der Waals surface area contributed by atoms with E-state index in [9.17, 15) is 9.59 Å². The largest absolute Gasteiger partial charge is 0.459 e. The summed E-state index contributed by atoms with van der Waals surface area (Å²) in [5.74, 6) is 1.26. The zero-order valence-corrected chi connectivity index (χ0v) is 19.3. The maximum atomic E-state index is 13.0. The second-order valence-electron chi connectivity index (χ2n) is 7.78. The molecule has 2 atom stereocenters. The van der Waals surface area contributed by atoms with Crippen LogP contribution in [-0.4, -0.2) is 54.4 Å². The van der Waals surface area contributed by atoms with E-state index in [0.29, 0.717) is 13.0 Å². The molecule has 3 rings (SSSR count). The van der Waals surface area contributed by atoms with E-state index in [1.807, 2.05) is 6.26 Å². The Morgan fingerprint density at radius 2 is 2.10 bits per heavy atom. The van der Waals surface area contributed by atoms with Gasteiger partial charge in [-0.25, -0.2) is 0 Å². The van der Waals surface area contributed by atoms with Crippen LogP contribution >= 0.6 is 23.1 Å². The van der Waals surface area contributed by atoms with E-state index in [0.717, 1.165) is 24.8 Å². The SMILES string of the molecule is CSCCC(NC(=O)c1ccco1)C(=O)NCC(c1cccs1)N1CCC(C)CC1. The van der Waals surface area contributed by atoms with E-state index < -0.39 is 6.04 Å². The van der Waals surface area contributed by atoms with Crippen LogP contribution in [0.4, 0.5) is 0 Å². The summed E-state index contributed by atoms with van der Waals surface area (Å²) in [4.78, 5) is 29.1. The van der Waals surface area contributed by atoms with Crippen LogP contribution in [0, 0.1) is 5.92 Å². The summed E-state index contributed by atoms with van der Waals surface area (Å²) in [5.41, 5.74) is 0. The van der Waals surface area contributed by atoms with E-state index >= 15 is 0 Å². The molecule has 6 nitrogen and oxygen atoms in total. The lowest BCUT2D eigenvalue weighted by Crippen LogP contribution is -2.49. The lowest BCUT2D eigenvalue weighted by atomic mass is 9.97. The van der Waals surface area contributed by atoms with Gasteiger partial charge in [0, 0.05) is 11.4 Å². The van der Waals surface area contributed by atoms with Crippen molar-refractivity contribution in [3.8, 4) is 0 Å². The normalized spacial score (nSPS) is 17.4. The molecule has 0 aliphatic carbocycles. The van der Waals surface area contributed by atoms with Gasteiger partial charge in [-0.1, -0.05) is 13.0 Å². The predicted molar refractivity (Wildman–Crippen MR) is 123 cm³/mol. The van der Waals surface area contributed by atoms with Crippen LogP contribution in [-0.2, 0) is 4.79 Å². The Labute approximate surface area is 186 Å². The third-order valence-electron chi connectivity index (χ3n) is 5.58. The number of piperidine rings is 1. The molecule has 2 unspecified atom stereocenters. The molecule has 1 saturated heterocycles. The Bertz CT molecular complexity index is 772. The fraction of sp³-hybridized carbons (Fsp3) is 0.545. The summed E-state index contributed by atoms with van der Waals surface area (Å²) in [5, 5.41) is 8.02. The van der Waals surface area contributed by atoms with Crippen LogP contribution in [0.5, 0.6) is 0 Å². The number of likely N-dealkylation sites (tertiary alicyclic amines) is 1. The van der Waals surface area contributed by atoms with Gasteiger partial charge in [-0.15, -0.1) is 11.3 Å². The number of thiophene rings is 1. The van der Waals surface area contributed by atoms with Gasteiger partial charge < -0.3 is 15.1 Å². The van der Waals surface area contributed by atoms with Crippen molar-refractivity contribution in [3.63, 3.8) is 0 Å². The minimum absolute atomic E-state index is 0.143. The van der Waals surface area contributed by atoms with E-state index in [4.69, 9.17) is 4.42 Å². The van der Waals surface area contributed by atoms with Gasteiger partial charge in [-0.2, -0.15) is 11.8 Å². The van der Waals surface area contributed by atoms with Crippen LogP contribution in [0.1, 0.15) is 47.7 Å². The highest BCUT2D eigenvalue weighted by atomic mass is 32.2. The number of furan rings is 1. The smallest absolute Gasteiger partial charge is 0.287 e. The summed E-state index contributed by atoms with van der Waals surface area (Å²) >= 11 is 3.39. The van der Waals surface area contributed by atoms with E-state index in [2.05, 4.69) is 40.0 Å². The van der Waals surface area contributed by atoms with Crippen molar-refractivity contribution in [1.29, 1.82) is 0 Å². The summed E-state index contributed by atoms with van der Waals surface area (Å²) < 4.78 is 5.16. The van der Waals surface area contributed by atoms with Gasteiger partial charge in [0.15, 0.2) is 5.76 Å². The molecular weight excluding hydrogens is 418 g/mol. The molecule has 2 N–H and O–H groups in total. The van der Waals surface area contributed by atoms with Gasteiger partial charge >= 0.3 is 0 Å². The van der Waals surface area contributed by atoms with Crippen LogP contribution in [0.2, 0.25) is 0 Å². The molecule has 164 valence electrons. The first kappa shape index (κ1) is 22.9. The molecule has 0 bridgehead atoms. The summed E-state index contributed by atoms with van der Waals surface area (Å²) in [6, 6.07) is 7.05. The molecule has 0 spiro atoms. The van der Waals surface area contributed by atoms with Crippen molar-refractivity contribution in [2.75, 3.05) is 31.6 Å². The van der Waals surface area contributed by atoms with Crippen LogP contribution in [0.25, 0.3) is 0 Å². The van der Waals surface area contributed by atoms with Crippen LogP contribution in [0.15, 0.2) is 40.3 Å². The number of hydrogen-bond donors (Lipinski definition) is 2. The lowest BCUT2D eigenvalue weighted by molar-refractivity contribution is -0.123. The Morgan fingerprint density at radius 1 is 1.30 bits per heavy atom. The van der Waals surface area contributed by atoms with Crippen molar-refractivity contribution in [2.24, 2.45) is 5.92 Å². The fourth-order valence-corrected chi connectivity index (χ4v) is 5.03. The van der Waals surface area contributed by atoms with Gasteiger partial charge in [-0.05, 0) is 73.9 Å². The Balaban J connectivity index is 1.63. The topological polar surface area (TPSA) is 74.6 Å². The molecule has 8 heteroatoms. The molecule has 3 heterocycles. The monoisotopic (exact) mass is 449 g/mol. The first-order valence-corrected chi connectivity index (χ1v) is 12.7. The molecule has 2 aromatic rings. The first-order valence-electron chi connectivity index (χ1n) is 10.5. The number of amides is 2. The quantitative estimate of drug-likeness (QED) is 0.577. The molecule has 0 saturated carbocycles. The van der Waals surface area contributed by atoms with E-state index in [-0.39, 0.29) is 23.6 Å². The van der Waals surface area contributed by atoms with Crippen molar-refractivity contribution in [3.05, 3.63) is 46.5 Å². The van der Waals surface area contributed by atoms with Gasteiger partial charge in [0.25, 0.3) is 5.91 Å². The second kappa shape index (κ2) is 11.6. The molecule has 1 aliphatic rings. The average molecular weight is 450 g/mol. The predicted octanol–water partition coefficient (Wildman–Crippen LogP) is 3.78. The standard InChI is InChI=1S/C22H31N3O3S2/c1-16-7-10-25(11-8-16)18(20-6-4-13-30-20)15-23-21(26)17(9-14-29-2)24-22(27)19-5-3-12-28-19/h3-6,12-13,16-18H,7-11,14-15H2,1-2H3,(H,23,26)(H,24,27). The molecule has 1 fully saturated rings. The lowest BCUT2D eigenvalue weighted by Gasteiger charge is -2.36. The highest BCUT2D eigenvalue weighted by Crippen LogP contribution is 2.29. The van der Waals surface area contributed by atoms with Gasteiger partial charge in [0.05, 0.1) is 12.3 Å². The number of rotatable bonds is 10. The number of nitrogens with one attached hydrogen (secondary N) is 2. The number of carbonyl (C=O) groups is 2. The molecule has 1 aliphatic heterocycles. The van der Waals surface area contributed by atoms with Gasteiger partial charge in [-0.3, -0.25) is 14.5 Å². The maximum absolute atomic E-state index is 13.0. The van der Waals surface area contributed by atoms with Gasteiger partial charge in [0.1, 0.15) is 6.04 Å². The minimum Gasteiger partial charge on any atom is -0.459 e. The molecular formula is C22H31N3O3S2. The summed E-state index contributed by atoms with van der Waals surface area (Å²) in [6.45, 7) is 4.94. The number of nitrogens with zero attached hydrogens (tertiary/aromatic N) is 1. The Kier molecular flexibility index (Phi) is 8.84. The zero-order valence-electron chi connectivity index (χ0n) is 17.6. The highest BCUT2D eigenvalue weighted by molar-refractivity contribution is 7.98. The van der Waals surface area contributed by atoms with Gasteiger partial charge in [0.2, 0.25) is 5.91 Å². The minimum atomic E-state index is -0.583. The van der Waals surface area contributed by atoms with Crippen LogP contribution < -0.4 is 10.6 Å². The van der Waals surface area contributed by atoms with E-state index in [1.165, 1.54) is 24.0 Å².